The molecule has 0 saturated carbocycles. The second kappa shape index (κ2) is 9.02. The van der Waals surface area contributed by atoms with Gasteiger partial charge in [-0.2, -0.15) is 13.2 Å². The summed E-state index contributed by atoms with van der Waals surface area (Å²) in [4.78, 5) is 0. The number of rotatable bonds is 9. The van der Waals surface area contributed by atoms with Crippen molar-refractivity contribution in [2.75, 3.05) is 33.5 Å². The number of alkyl halides is 3. The Morgan fingerprint density at radius 3 is 2.62 bits per heavy atom. The number of hydrogen-bond acceptors (Lipinski definition) is 3. The van der Waals surface area contributed by atoms with Crippen molar-refractivity contribution in [2.45, 2.75) is 25.6 Å². The van der Waals surface area contributed by atoms with Gasteiger partial charge < -0.3 is 14.8 Å². The molecular formula is C15H22F3NO2. The second-order valence-corrected chi connectivity index (χ2v) is 4.70. The first-order valence-corrected chi connectivity index (χ1v) is 6.96. The monoisotopic (exact) mass is 305 g/mol. The summed E-state index contributed by atoms with van der Waals surface area (Å²) in [6.07, 6.45) is -3.43. The maximum absolute atomic E-state index is 12.8. The highest BCUT2D eigenvalue weighted by atomic mass is 19.4. The molecule has 0 saturated heterocycles. The molecule has 6 heteroatoms. The zero-order chi connectivity index (χ0) is 15.7. The standard InChI is InChI=1S/C15H22F3NO2/c1-3-7-19-14(11-21-9-8-20-2)12-5-4-6-13(10-12)15(16,17)18/h4-6,10,14,19H,3,7-9,11H2,1-2H3. The first kappa shape index (κ1) is 17.9. The number of benzene rings is 1. The van der Waals surface area contributed by atoms with E-state index in [1.807, 2.05) is 6.92 Å². The Morgan fingerprint density at radius 1 is 1.24 bits per heavy atom. The lowest BCUT2D eigenvalue weighted by atomic mass is 10.0. The average molecular weight is 305 g/mol. The van der Waals surface area contributed by atoms with E-state index in [0.29, 0.717) is 31.9 Å². The molecule has 1 rings (SSSR count). The quantitative estimate of drug-likeness (QED) is 0.709. The Morgan fingerprint density at radius 2 is 2.00 bits per heavy atom. The van der Waals surface area contributed by atoms with E-state index in [1.165, 1.54) is 12.1 Å². The minimum Gasteiger partial charge on any atom is -0.382 e. The van der Waals surface area contributed by atoms with Gasteiger partial charge in [0, 0.05) is 7.11 Å². The summed E-state index contributed by atoms with van der Waals surface area (Å²) in [7, 11) is 1.57. The van der Waals surface area contributed by atoms with Gasteiger partial charge in [0.15, 0.2) is 0 Å². The van der Waals surface area contributed by atoms with Gasteiger partial charge in [-0.3, -0.25) is 0 Å². The molecule has 1 aromatic rings. The van der Waals surface area contributed by atoms with Crippen molar-refractivity contribution >= 4 is 0 Å². The summed E-state index contributed by atoms with van der Waals surface area (Å²) in [6.45, 7) is 3.91. The summed E-state index contributed by atoms with van der Waals surface area (Å²) >= 11 is 0. The normalized spacial score (nSPS) is 13.4. The molecule has 0 bridgehead atoms. The van der Waals surface area contributed by atoms with Gasteiger partial charge in [0.05, 0.1) is 31.4 Å². The molecule has 0 aromatic heterocycles. The van der Waals surface area contributed by atoms with E-state index in [4.69, 9.17) is 9.47 Å². The number of hydrogen-bond donors (Lipinski definition) is 1. The van der Waals surface area contributed by atoms with Crippen molar-refractivity contribution in [1.82, 2.24) is 5.32 Å². The van der Waals surface area contributed by atoms with Crippen molar-refractivity contribution in [1.29, 1.82) is 0 Å². The molecule has 1 unspecified atom stereocenters. The third-order valence-corrected chi connectivity index (χ3v) is 2.97. The lowest BCUT2D eigenvalue weighted by Crippen LogP contribution is -2.27. The van der Waals surface area contributed by atoms with Crippen LogP contribution in [0.3, 0.4) is 0 Å². The molecule has 0 aliphatic rings. The molecule has 0 radical (unpaired) electrons. The molecule has 0 fully saturated rings. The maximum Gasteiger partial charge on any atom is 0.416 e. The summed E-state index contributed by atoms with van der Waals surface area (Å²) in [6, 6.07) is 5.10. The highest BCUT2D eigenvalue weighted by Gasteiger charge is 2.30. The molecular weight excluding hydrogens is 283 g/mol. The highest BCUT2D eigenvalue weighted by Crippen LogP contribution is 2.30. The summed E-state index contributed by atoms with van der Waals surface area (Å²) in [5.41, 5.74) is -0.0594. The van der Waals surface area contributed by atoms with E-state index < -0.39 is 11.7 Å². The average Bonchev–Trinajstić information content (AvgIpc) is 2.46. The van der Waals surface area contributed by atoms with Crippen molar-refractivity contribution in [3.05, 3.63) is 35.4 Å². The van der Waals surface area contributed by atoms with E-state index >= 15 is 0 Å². The molecule has 1 aromatic carbocycles. The molecule has 3 nitrogen and oxygen atoms in total. The van der Waals surface area contributed by atoms with Crippen LogP contribution < -0.4 is 5.32 Å². The smallest absolute Gasteiger partial charge is 0.382 e. The maximum atomic E-state index is 12.8. The third-order valence-electron chi connectivity index (χ3n) is 2.97. The van der Waals surface area contributed by atoms with E-state index in [9.17, 15) is 13.2 Å². The van der Waals surface area contributed by atoms with Gasteiger partial charge in [0.25, 0.3) is 0 Å². The van der Waals surface area contributed by atoms with Crippen LogP contribution in [0.15, 0.2) is 24.3 Å². The number of ether oxygens (including phenoxy) is 2. The Kier molecular flexibility index (Phi) is 7.71. The van der Waals surface area contributed by atoms with Crippen LogP contribution in [0, 0.1) is 0 Å². The van der Waals surface area contributed by atoms with Gasteiger partial charge >= 0.3 is 6.18 Å². The topological polar surface area (TPSA) is 30.5 Å². The SMILES string of the molecule is CCCNC(COCCOC)c1cccc(C(F)(F)F)c1. The fraction of sp³-hybridized carbons (Fsp3) is 0.600. The van der Waals surface area contributed by atoms with E-state index in [0.717, 1.165) is 12.5 Å². The molecule has 1 N–H and O–H groups in total. The Labute approximate surface area is 123 Å². The van der Waals surface area contributed by atoms with Crippen molar-refractivity contribution in [3.8, 4) is 0 Å². The van der Waals surface area contributed by atoms with Crippen molar-refractivity contribution < 1.29 is 22.6 Å². The van der Waals surface area contributed by atoms with Crippen molar-refractivity contribution in [2.24, 2.45) is 0 Å². The first-order valence-electron chi connectivity index (χ1n) is 6.96. The minimum atomic E-state index is -4.33. The van der Waals surface area contributed by atoms with Gasteiger partial charge in [0.2, 0.25) is 0 Å². The number of halogens is 3. The number of methoxy groups -OCH3 is 1. The van der Waals surface area contributed by atoms with Gasteiger partial charge in [-0.1, -0.05) is 19.1 Å². The predicted molar refractivity (Wildman–Crippen MR) is 75.2 cm³/mol. The van der Waals surface area contributed by atoms with Crippen LogP contribution >= 0.6 is 0 Å². The Balaban J connectivity index is 2.76. The van der Waals surface area contributed by atoms with E-state index in [-0.39, 0.29) is 6.04 Å². The first-order chi connectivity index (χ1) is 9.99. The largest absolute Gasteiger partial charge is 0.416 e. The molecule has 1 atom stereocenters. The second-order valence-electron chi connectivity index (χ2n) is 4.70. The van der Waals surface area contributed by atoms with Gasteiger partial charge in [-0.05, 0) is 30.7 Å². The lowest BCUT2D eigenvalue weighted by Gasteiger charge is -2.20. The van der Waals surface area contributed by atoms with Crippen LogP contribution in [-0.2, 0) is 15.7 Å². The Bertz CT molecular complexity index is 410. The molecule has 0 spiro atoms. The number of nitrogens with one attached hydrogen (secondary N) is 1. The van der Waals surface area contributed by atoms with Gasteiger partial charge in [-0.15, -0.1) is 0 Å². The van der Waals surface area contributed by atoms with Crippen LogP contribution in [0.2, 0.25) is 0 Å². The van der Waals surface area contributed by atoms with Crippen molar-refractivity contribution in [3.63, 3.8) is 0 Å². The third kappa shape index (κ3) is 6.46. The molecule has 0 aliphatic heterocycles. The molecule has 0 aliphatic carbocycles. The summed E-state index contributed by atoms with van der Waals surface area (Å²) in [5.74, 6) is 0. The molecule has 0 heterocycles. The molecule has 0 amide bonds. The minimum absolute atomic E-state index is 0.260. The molecule has 120 valence electrons. The van der Waals surface area contributed by atoms with Crippen LogP contribution in [0.4, 0.5) is 13.2 Å². The highest BCUT2D eigenvalue weighted by molar-refractivity contribution is 5.28. The van der Waals surface area contributed by atoms with Crippen LogP contribution in [-0.4, -0.2) is 33.5 Å². The zero-order valence-corrected chi connectivity index (χ0v) is 12.4. The Hall–Kier alpha value is -1.11. The van der Waals surface area contributed by atoms with Crippen LogP contribution in [0.25, 0.3) is 0 Å². The van der Waals surface area contributed by atoms with E-state index in [2.05, 4.69) is 5.32 Å². The van der Waals surface area contributed by atoms with Gasteiger partial charge in [-0.25, -0.2) is 0 Å². The summed E-state index contributed by atoms with van der Waals surface area (Å²) < 4.78 is 48.6. The summed E-state index contributed by atoms with van der Waals surface area (Å²) in [5, 5.41) is 3.21. The van der Waals surface area contributed by atoms with E-state index in [1.54, 1.807) is 13.2 Å². The predicted octanol–water partition coefficient (Wildman–Crippen LogP) is 3.41. The fourth-order valence-electron chi connectivity index (χ4n) is 1.87. The fourth-order valence-corrected chi connectivity index (χ4v) is 1.87. The molecule has 21 heavy (non-hydrogen) atoms. The van der Waals surface area contributed by atoms with Gasteiger partial charge in [0.1, 0.15) is 0 Å². The lowest BCUT2D eigenvalue weighted by molar-refractivity contribution is -0.137. The van der Waals surface area contributed by atoms with Crippen LogP contribution in [0.5, 0.6) is 0 Å². The van der Waals surface area contributed by atoms with Crippen LogP contribution in [0.1, 0.15) is 30.5 Å². The zero-order valence-electron chi connectivity index (χ0n) is 12.4.